The summed E-state index contributed by atoms with van der Waals surface area (Å²) in [5, 5.41) is 6.82. The summed E-state index contributed by atoms with van der Waals surface area (Å²) in [6.45, 7) is 1.61. The molecule has 0 spiro atoms. The molecule has 166 valence electrons. The first-order chi connectivity index (χ1) is 15.1. The lowest BCUT2D eigenvalue weighted by molar-refractivity contribution is -0.136. The molecule has 4 rings (SSSR count). The fraction of sp³-hybridized carbons (Fsp3) is 0.542. The van der Waals surface area contributed by atoms with E-state index in [-0.39, 0.29) is 23.4 Å². The molecule has 2 amide bonds. The van der Waals surface area contributed by atoms with E-state index in [4.69, 9.17) is 9.26 Å². The van der Waals surface area contributed by atoms with Gasteiger partial charge in [0, 0.05) is 25.1 Å². The van der Waals surface area contributed by atoms with Crippen LogP contribution in [0.1, 0.15) is 60.3 Å². The quantitative estimate of drug-likeness (QED) is 0.629. The lowest BCUT2D eigenvalue weighted by Gasteiger charge is -2.24. The van der Waals surface area contributed by atoms with Gasteiger partial charge >= 0.3 is 0 Å². The molecule has 31 heavy (non-hydrogen) atoms. The van der Waals surface area contributed by atoms with Crippen molar-refractivity contribution in [3.8, 4) is 5.75 Å². The highest BCUT2D eigenvalue weighted by molar-refractivity contribution is 5.92. The molecule has 0 bridgehead atoms. The van der Waals surface area contributed by atoms with Crippen molar-refractivity contribution in [1.82, 2.24) is 15.4 Å². The second-order valence-electron chi connectivity index (χ2n) is 8.67. The zero-order valence-corrected chi connectivity index (χ0v) is 18.1. The van der Waals surface area contributed by atoms with Gasteiger partial charge in [0.2, 0.25) is 5.91 Å². The zero-order chi connectivity index (χ0) is 21.6. The van der Waals surface area contributed by atoms with E-state index < -0.39 is 0 Å². The number of rotatable bonds is 10. The molecule has 7 nitrogen and oxygen atoms in total. The average molecular weight is 426 g/mol. The molecule has 7 heteroatoms. The molecule has 0 unspecified atom stereocenters. The normalized spacial score (nSPS) is 16.3. The van der Waals surface area contributed by atoms with Crippen LogP contribution in [0.25, 0.3) is 0 Å². The van der Waals surface area contributed by atoms with Crippen LogP contribution in [0.15, 0.2) is 34.9 Å². The third kappa shape index (κ3) is 5.87. The molecule has 2 aromatic rings. The topological polar surface area (TPSA) is 84.7 Å². The van der Waals surface area contributed by atoms with E-state index in [9.17, 15) is 9.59 Å². The van der Waals surface area contributed by atoms with Crippen molar-refractivity contribution >= 4 is 11.8 Å². The summed E-state index contributed by atoms with van der Waals surface area (Å²) in [7, 11) is 1.65. The molecule has 2 fully saturated rings. The number of methoxy groups -OCH3 is 1. The number of amides is 2. The fourth-order valence-electron chi connectivity index (χ4n) is 4.09. The second-order valence-corrected chi connectivity index (χ2v) is 8.67. The van der Waals surface area contributed by atoms with Gasteiger partial charge in [-0.05, 0) is 55.7 Å². The van der Waals surface area contributed by atoms with Crippen LogP contribution in [0, 0.1) is 11.8 Å². The van der Waals surface area contributed by atoms with E-state index in [1.165, 1.54) is 12.8 Å². The maximum Gasteiger partial charge on any atom is 0.273 e. The molecule has 0 atom stereocenters. The minimum atomic E-state index is -0.214. The number of nitrogens with zero attached hydrogens (tertiary/aromatic N) is 2. The lowest BCUT2D eigenvalue weighted by Crippen LogP contribution is -2.36. The smallest absolute Gasteiger partial charge is 0.273 e. The molecule has 2 aliphatic rings. The molecular weight excluding hydrogens is 394 g/mol. The fourth-order valence-corrected chi connectivity index (χ4v) is 4.09. The first-order valence-corrected chi connectivity index (χ1v) is 11.3. The third-order valence-electron chi connectivity index (χ3n) is 6.23. The van der Waals surface area contributed by atoms with Crippen molar-refractivity contribution in [2.75, 3.05) is 20.2 Å². The summed E-state index contributed by atoms with van der Waals surface area (Å²) in [5.41, 5.74) is 1.42. The SMILES string of the molecule is COc1ccc(CCN(Cc2cc(C(=O)NCC3CC3)no2)C(=O)C2CCCC2)cc1. The summed E-state index contributed by atoms with van der Waals surface area (Å²) in [5.74, 6) is 2.00. The highest BCUT2D eigenvalue weighted by atomic mass is 16.5. The van der Waals surface area contributed by atoms with Crippen LogP contribution in [-0.2, 0) is 17.8 Å². The first-order valence-electron chi connectivity index (χ1n) is 11.3. The standard InChI is InChI=1S/C24H31N3O4/c1-30-20-10-8-17(9-11-20)12-13-27(24(29)19-4-2-3-5-19)16-21-14-22(26-31-21)23(28)25-15-18-6-7-18/h8-11,14,18-19H,2-7,12-13,15-16H2,1H3,(H,25,28). The van der Waals surface area contributed by atoms with Crippen molar-refractivity contribution in [1.29, 1.82) is 0 Å². The Labute approximate surface area is 183 Å². The Kier molecular flexibility index (Phi) is 6.89. The predicted octanol–water partition coefficient (Wildman–Crippen LogP) is 3.58. The predicted molar refractivity (Wildman–Crippen MR) is 116 cm³/mol. The zero-order valence-electron chi connectivity index (χ0n) is 18.1. The van der Waals surface area contributed by atoms with Gasteiger partial charge in [0.05, 0.1) is 13.7 Å². The van der Waals surface area contributed by atoms with Crippen molar-refractivity contribution in [3.05, 3.63) is 47.3 Å². The Morgan fingerprint density at radius 1 is 1.16 bits per heavy atom. The number of nitrogens with one attached hydrogen (secondary N) is 1. The van der Waals surface area contributed by atoms with Crippen LogP contribution in [0.4, 0.5) is 0 Å². The van der Waals surface area contributed by atoms with Crippen molar-refractivity contribution < 1.29 is 18.8 Å². The molecule has 0 aliphatic heterocycles. The molecule has 1 N–H and O–H groups in total. The Hall–Kier alpha value is -2.83. The minimum Gasteiger partial charge on any atom is -0.497 e. The monoisotopic (exact) mass is 425 g/mol. The number of aromatic nitrogens is 1. The Morgan fingerprint density at radius 2 is 1.90 bits per heavy atom. The maximum absolute atomic E-state index is 13.2. The largest absolute Gasteiger partial charge is 0.497 e. The van der Waals surface area contributed by atoms with Gasteiger partial charge in [-0.25, -0.2) is 0 Å². The van der Waals surface area contributed by atoms with Crippen LogP contribution in [0.2, 0.25) is 0 Å². The van der Waals surface area contributed by atoms with E-state index in [1.807, 2.05) is 29.2 Å². The molecule has 0 saturated heterocycles. The van der Waals surface area contributed by atoms with Gasteiger partial charge < -0.3 is 19.5 Å². The van der Waals surface area contributed by atoms with Crippen LogP contribution in [-0.4, -0.2) is 42.1 Å². The van der Waals surface area contributed by atoms with Gasteiger partial charge in [0.25, 0.3) is 5.91 Å². The van der Waals surface area contributed by atoms with Gasteiger partial charge in [-0.15, -0.1) is 0 Å². The Bertz CT molecular complexity index is 882. The number of hydrogen-bond acceptors (Lipinski definition) is 5. The number of hydrogen-bond donors (Lipinski definition) is 1. The number of carbonyl (C=O) groups is 2. The molecule has 0 radical (unpaired) electrons. The van der Waals surface area contributed by atoms with Gasteiger partial charge in [0.15, 0.2) is 11.5 Å². The number of benzene rings is 1. The number of carbonyl (C=O) groups excluding carboxylic acids is 2. The summed E-state index contributed by atoms with van der Waals surface area (Å²) in [6, 6.07) is 9.56. The Balaban J connectivity index is 1.39. The molecule has 1 aromatic heterocycles. The molecular formula is C24H31N3O4. The third-order valence-corrected chi connectivity index (χ3v) is 6.23. The van der Waals surface area contributed by atoms with E-state index in [0.717, 1.165) is 43.4 Å². The van der Waals surface area contributed by atoms with E-state index >= 15 is 0 Å². The van der Waals surface area contributed by atoms with Crippen LogP contribution in [0.5, 0.6) is 5.75 Å². The molecule has 2 aliphatic carbocycles. The average Bonchev–Trinajstić information content (AvgIpc) is 3.25. The molecule has 2 saturated carbocycles. The summed E-state index contributed by atoms with van der Waals surface area (Å²) >= 11 is 0. The minimum absolute atomic E-state index is 0.0834. The van der Waals surface area contributed by atoms with E-state index in [1.54, 1.807) is 13.2 Å². The molecule has 1 aromatic carbocycles. The summed E-state index contributed by atoms with van der Waals surface area (Å²) in [4.78, 5) is 27.3. The number of ether oxygens (including phenoxy) is 1. The second kappa shape index (κ2) is 9.98. The van der Waals surface area contributed by atoms with Gasteiger partial charge in [-0.3, -0.25) is 9.59 Å². The van der Waals surface area contributed by atoms with Gasteiger partial charge in [-0.2, -0.15) is 0 Å². The van der Waals surface area contributed by atoms with Crippen molar-refractivity contribution in [2.24, 2.45) is 11.8 Å². The van der Waals surface area contributed by atoms with E-state index in [0.29, 0.717) is 31.3 Å². The Morgan fingerprint density at radius 3 is 2.58 bits per heavy atom. The molecule has 1 heterocycles. The van der Waals surface area contributed by atoms with Crippen molar-refractivity contribution in [2.45, 2.75) is 51.5 Å². The van der Waals surface area contributed by atoms with Crippen LogP contribution >= 0.6 is 0 Å². The highest BCUT2D eigenvalue weighted by Crippen LogP contribution is 2.28. The van der Waals surface area contributed by atoms with Crippen LogP contribution < -0.4 is 10.1 Å². The maximum atomic E-state index is 13.2. The van der Waals surface area contributed by atoms with Gasteiger partial charge in [0.1, 0.15) is 5.75 Å². The first kappa shape index (κ1) is 21.4. The summed E-state index contributed by atoms with van der Waals surface area (Å²) < 4.78 is 10.6. The van der Waals surface area contributed by atoms with Crippen molar-refractivity contribution in [3.63, 3.8) is 0 Å². The highest BCUT2D eigenvalue weighted by Gasteiger charge is 2.28. The van der Waals surface area contributed by atoms with Crippen LogP contribution in [0.3, 0.4) is 0 Å². The summed E-state index contributed by atoms with van der Waals surface area (Å²) in [6.07, 6.45) is 7.21. The van der Waals surface area contributed by atoms with Gasteiger partial charge in [-0.1, -0.05) is 30.1 Å². The lowest BCUT2D eigenvalue weighted by atomic mass is 10.1. The van der Waals surface area contributed by atoms with E-state index in [2.05, 4.69) is 10.5 Å².